The van der Waals surface area contributed by atoms with E-state index >= 15 is 0 Å². The number of piperidine rings is 1. The molecule has 0 aromatic heterocycles. The fourth-order valence-corrected chi connectivity index (χ4v) is 3.96. The van der Waals surface area contributed by atoms with Crippen molar-refractivity contribution < 1.29 is 9.59 Å². The van der Waals surface area contributed by atoms with Gasteiger partial charge < -0.3 is 15.5 Å². The quantitative estimate of drug-likeness (QED) is 0.756. The highest BCUT2D eigenvalue weighted by molar-refractivity contribution is 5.93. The first kappa shape index (κ1) is 20.9. The predicted molar refractivity (Wildman–Crippen MR) is 118 cm³/mol. The zero-order chi connectivity index (χ0) is 21.0. The molecule has 2 aromatic rings. The van der Waals surface area contributed by atoms with Gasteiger partial charge in [0.1, 0.15) is 0 Å². The van der Waals surface area contributed by atoms with E-state index in [2.05, 4.69) is 16.7 Å². The number of nitrogens with zero attached hydrogens (tertiary/aromatic N) is 1. The second-order valence-electron chi connectivity index (χ2n) is 8.27. The molecule has 0 bridgehead atoms. The van der Waals surface area contributed by atoms with Crippen LogP contribution in [0, 0.1) is 32.6 Å². The van der Waals surface area contributed by atoms with Gasteiger partial charge in [-0.15, -0.1) is 0 Å². The summed E-state index contributed by atoms with van der Waals surface area (Å²) < 4.78 is 0. The topological polar surface area (TPSA) is 61.4 Å². The van der Waals surface area contributed by atoms with Gasteiger partial charge >= 0.3 is 6.03 Å². The van der Waals surface area contributed by atoms with Gasteiger partial charge in [0.15, 0.2) is 0 Å². The number of hydrogen-bond acceptors (Lipinski definition) is 2. The Balaban J connectivity index is 1.50. The molecule has 2 N–H and O–H groups in total. The molecule has 3 rings (SSSR count). The number of nitrogens with one attached hydrogen (secondary N) is 2. The summed E-state index contributed by atoms with van der Waals surface area (Å²) in [7, 11) is 0. The molecule has 29 heavy (non-hydrogen) atoms. The van der Waals surface area contributed by atoms with E-state index < -0.39 is 0 Å². The molecule has 1 atom stereocenters. The molecule has 3 amide bonds. The van der Waals surface area contributed by atoms with E-state index in [0.29, 0.717) is 13.1 Å². The molecule has 1 heterocycles. The molecule has 1 fully saturated rings. The Hall–Kier alpha value is -2.82. The van der Waals surface area contributed by atoms with E-state index in [1.165, 1.54) is 0 Å². The van der Waals surface area contributed by atoms with Crippen LogP contribution in [0.2, 0.25) is 0 Å². The number of urea groups is 1. The minimum atomic E-state index is -0.0851. The van der Waals surface area contributed by atoms with Crippen LogP contribution in [0.1, 0.15) is 36.5 Å². The van der Waals surface area contributed by atoms with Crippen molar-refractivity contribution >= 4 is 23.3 Å². The highest BCUT2D eigenvalue weighted by Crippen LogP contribution is 2.27. The minimum absolute atomic E-state index is 0.0533. The maximum absolute atomic E-state index is 12.7. The lowest BCUT2D eigenvalue weighted by Gasteiger charge is -2.34. The van der Waals surface area contributed by atoms with Gasteiger partial charge in [0, 0.05) is 30.4 Å². The van der Waals surface area contributed by atoms with E-state index in [-0.39, 0.29) is 23.8 Å². The SMILES string of the molecule is Cc1ccc(NC(=O)N2CCC([C@@H](C)C(=O)Nc3cc(C)cc(C)c3)CC2)cc1. The Morgan fingerprint density at radius 3 is 2.03 bits per heavy atom. The van der Waals surface area contributed by atoms with Crippen molar-refractivity contribution in [1.29, 1.82) is 0 Å². The largest absolute Gasteiger partial charge is 0.326 e. The summed E-state index contributed by atoms with van der Waals surface area (Å²) in [4.78, 5) is 27.1. The number of carbonyl (C=O) groups is 2. The van der Waals surface area contributed by atoms with E-state index in [4.69, 9.17) is 0 Å². The maximum atomic E-state index is 12.7. The molecular weight excluding hydrogens is 362 g/mol. The van der Waals surface area contributed by atoms with Gasteiger partial charge in [-0.3, -0.25) is 4.79 Å². The summed E-state index contributed by atoms with van der Waals surface area (Å²) in [5.74, 6) is 0.250. The van der Waals surface area contributed by atoms with Crippen molar-refractivity contribution in [3.8, 4) is 0 Å². The summed E-state index contributed by atoms with van der Waals surface area (Å²) in [6, 6.07) is 13.8. The number of amides is 3. The first-order valence-electron chi connectivity index (χ1n) is 10.3. The number of likely N-dealkylation sites (tertiary alicyclic amines) is 1. The summed E-state index contributed by atoms with van der Waals surface area (Å²) in [6.45, 7) is 9.42. The number of rotatable bonds is 4. The summed E-state index contributed by atoms with van der Waals surface area (Å²) in [5.41, 5.74) is 5.11. The molecule has 0 saturated carbocycles. The smallest absolute Gasteiger partial charge is 0.321 e. The van der Waals surface area contributed by atoms with Crippen molar-refractivity contribution in [3.63, 3.8) is 0 Å². The van der Waals surface area contributed by atoms with Gasteiger partial charge in [0.25, 0.3) is 0 Å². The number of benzene rings is 2. The normalized spacial score (nSPS) is 15.7. The number of anilines is 2. The van der Waals surface area contributed by atoms with Crippen molar-refractivity contribution in [3.05, 3.63) is 59.2 Å². The van der Waals surface area contributed by atoms with Gasteiger partial charge in [0.2, 0.25) is 5.91 Å². The van der Waals surface area contributed by atoms with E-state index in [0.717, 1.165) is 40.9 Å². The first-order valence-corrected chi connectivity index (χ1v) is 10.3. The van der Waals surface area contributed by atoms with Gasteiger partial charge in [-0.1, -0.05) is 30.7 Å². The molecule has 0 unspecified atom stereocenters. The number of aryl methyl sites for hydroxylation is 3. The lowest BCUT2D eigenvalue weighted by molar-refractivity contribution is -0.121. The third-order valence-electron chi connectivity index (χ3n) is 5.74. The minimum Gasteiger partial charge on any atom is -0.326 e. The fourth-order valence-electron chi connectivity index (χ4n) is 3.96. The van der Waals surface area contributed by atoms with Crippen LogP contribution in [0.15, 0.2) is 42.5 Å². The van der Waals surface area contributed by atoms with Crippen LogP contribution in [0.5, 0.6) is 0 Å². The molecule has 1 aliphatic heterocycles. The summed E-state index contributed by atoms with van der Waals surface area (Å²) in [5, 5.41) is 6.02. The van der Waals surface area contributed by atoms with Crippen LogP contribution in [-0.4, -0.2) is 29.9 Å². The Kier molecular flexibility index (Phi) is 6.57. The van der Waals surface area contributed by atoms with Crippen molar-refractivity contribution in [2.24, 2.45) is 11.8 Å². The van der Waals surface area contributed by atoms with Crippen molar-refractivity contribution in [1.82, 2.24) is 4.90 Å². The molecule has 1 aliphatic rings. The molecule has 5 heteroatoms. The highest BCUT2D eigenvalue weighted by atomic mass is 16.2. The molecule has 0 spiro atoms. The van der Waals surface area contributed by atoms with Crippen LogP contribution in [-0.2, 0) is 4.79 Å². The molecule has 154 valence electrons. The third-order valence-corrected chi connectivity index (χ3v) is 5.74. The molecule has 5 nitrogen and oxygen atoms in total. The summed E-state index contributed by atoms with van der Waals surface area (Å²) >= 11 is 0. The highest BCUT2D eigenvalue weighted by Gasteiger charge is 2.30. The van der Waals surface area contributed by atoms with E-state index in [1.54, 1.807) is 0 Å². The molecule has 1 saturated heterocycles. The van der Waals surface area contributed by atoms with Gasteiger partial charge in [0.05, 0.1) is 0 Å². The average Bonchev–Trinajstić information content (AvgIpc) is 2.68. The third kappa shape index (κ3) is 5.59. The lowest BCUT2D eigenvalue weighted by Crippen LogP contribution is -2.43. The number of carbonyl (C=O) groups excluding carboxylic acids is 2. The molecule has 0 aliphatic carbocycles. The standard InChI is InChI=1S/C24H31N3O2/c1-16-5-7-21(8-6-16)26-24(29)27-11-9-20(10-12-27)19(4)23(28)25-22-14-17(2)13-18(3)15-22/h5-8,13-15,19-20H,9-12H2,1-4H3,(H,25,28)(H,26,29)/t19-/m1/s1. The fraction of sp³-hybridized carbons (Fsp3) is 0.417. The Bertz CT molecular complexity index is 848. The lowest BCUT2D eigenvalue weighted by atomic mass is 9.85. The Morgan fingerprint density at radius 1 is 0.862 bits per heavy atom. The van der Waals surface area contributed by atoms with Gasteiger partial charge in [-0.05, 0) is 74.9 Å². The summed E-state index contributed by atoms with van der Waals surface area (Å²) in [6.07, 6.45) is 1.67. The van der Waals surface area contributed by atoms with Gasteiger partial charge in [-0.2, -0.15) is 0 Å². The molecular formula is C24H31N3O2. The Labute approximate surface area is 173 Å². The molecule has 0 radical (unpaired) electrons. The average molecular weight is 394 g/mol. The zero-order valence-electron chi connectivity index (χ0n) is 17.8. The first-order chi connectivity index (χ1) is 13.8. The van der Waals surface area contributed by atoms with E-state index in [9.17, 15) is 9.59 Å². The monoisotopic (exact) mass is 393 g/mol. The van der Waals surface area contributed by atoms with Crippen LogP contribution in [0.4, 0.5) is 16.2 Å². The van der Waals surface area contributed by atoms with Crippen LogP contribution in [0.3, 0.4) is 0 Å². The maximum Gasteiger partial charge on any atom is 0.321 e. The second-order valence-corrected chi connectivity index (χ2v) is 8.27. The zero-order valence-corrected chi connectivity index (χ0v) is 17.8. The van der Waals surface area contributed by atoms with Crippen molar-refractivity contribution in [2.45, 2.75) is 40.5 Å². The second kappa shape index (κ2) is 9.12. The molecule has 2 aromatic carbocycles. The predicted octanol–water partition coefficient (Wildman–Crippen LogP) is 5.13. The van der Waals surface area contributed by atoms with Crippen LogP contribution >= 0.6 is 0 Å². The van der Waals surface area contributed by atoms with Gasteiger partial charge in [-0.25, -0.2) is 4.79 Å². The van der Waals surface area contributed by atoms with Crippen LogP contribution < -0.4 is 10.6 Å². The van der Waals surface area contributed by atoms with E-state index in [1.807, 2.05) is 69.0 Å². The Morgan fingerprint density at radius 2 is 1.45 bits per heavy atom. The van der Waals surface area contributed by atoms with Crippen molar-refractivity contribution in [2.75, 3.05) is 23.7 Å². The number of hydrogen-bond donors (Lipinski definition) is 2. The van der Waals surface area contributed by atoms with Crippen LogP contribution in [0.25, 0.3) is 0 Å².